The summed E-state index contributed by atoms with van der Waals surface area (Å²) in [4.78, 5) is 0. The van der Waals surface area contributed by atoms with Crippen molar-refractivity contribution in [1.29, 1.82) is 0 Å². The summed E-state index contributed by atoms with van der Waals surface area (Å²) < 4.78 is 0. The topological polar surface area (TPSA) is 40.7 Å². The van der Waals surface area contributed by atoms with Gasteiger partial charge in [-0.3, -0.25) is 5.10 Å². The molecule has 0 radical (unpaired) electrons. The number of fused-ring (bicyclic) bond motifs is 1. The quantitative estimate of drug-likeness (QED) is 0.819. The lowest BCUT2D eigenvalue weighted by Gasteiger charge is -2.22. The van der Waals surface area contributed by atoms with Crippen LogP contribution in [0.15, 0.2) is 0 Å². The van der Waals surface area contributed by atoms with Crippen molar-refractivity contribution in [2.75, 3.05) is 0 Å². The minimum absolute atomic E-state index is 0.738. The molecule has 3 nitrogen and oxygen atoms in total. The van der Waals surface area contributed by atoms with Crippen LogP contribution in [-0.2, 0) is 19.4 Å². The van der Waals surface area contributed by atoms with Gasteiger partial charge in [-0.25, -0.2) is 0 Å². The second-order valence-electron chi connectivity index (χ2n) is 5.20. The highest BCUT2D eigenvalue weighted by Gasteiger charge is 2.19. The van der Waals surface area contributed by atoms with E-state index in [1.54, 1.807) is 0 Å². The molecular weight excluding hydrogens is 198 g/mol. The fraction of sp³-hybridized carbons (Fsp3) is 0.769. The van der Waals surface area contributed by atoms with Crippen molar-refractivity contribution in [3.8, 4) is 0 Å². The predicted octanol–water partition coefficient (Wildman–Crippen LogP) is 2.32. The second-order valence-corrected chi connectivity index (χ2v) is 5.20. The van der Waals surface area contributed by atoms with Crippen molar-refractivity contribution in [3.63, 3.8) is 0 Å². The lowest BCUT2D eigenvalue weighted by Crippen LogP contribution is -2.30. The maximum atomic E-state index is 4.43. The summed E-state index contributed by atoms with van der Waals surface area (Å²) in [5, 5.41) is 11.3. The molecule has 1 aromatic rings. The lowest BCUT2D eigenvalue weighted by atomic mass is 9.95. The van der Waals surface area contributed by atoms with Crippen LogP contribution in [-0.4, -0.2) is 16.2 Å². The van der Waals surface area contributed by atoms with Crippen LogP contribution in [0.3, 0.4) is 0 Å². The van der Waals surface area contributed by atoms with Crippen LogP contribution in [0.25, 0.3) is 0 Å². The Morgan fingerprint density at radius 3 is 2.88 bits per heavy atom. The lowest BCUT2D eigenvalue weighted by molar-refractivity contribution is 0.370. The summed E-state index contributed by atoms with van der Waals surface area (Å²) >= 11 is 0. The number of aryl methyl sites for hydroxylation is 1. The van der Waals surface area contributed by atoms with Gasteiger partial charge in [0.1, 0.15) is 0 Å². The molecule has 0 aliphatic heterocycles. The number of hydrogen-bond acceptors (Lipinski definition) is 2. The van der Waals surface area contributed by atoms with E-state index in [2.05, 4.69) is 15.5 Å². The van der Waals surface area contributed by atoms with Gasteiger partial charge >= 0.3 is 0 Å². The van der Waals surface area contributed by atoms with Crippen LogP contribution < -0.4 is 5.32 Å². The first kappa shape index (κ1) is 10.3. The van der Waals surface area contributed by atoms with E-state index in [4.69, 9.17) is 0 Å². The summed E-state index contributed by atoms with van der Waals surface area (Å²) in [7, 11) is 0. The Balaban J connectivity index is 1.57. The molecule has 0 atom stereocenters. The van der Waals surface area contributed by atoms with E-state index >= 15 is 0 Å². The van der Waals surface area contributed by atoms with Crippen molar-refractivity contribution in [2.45, 2.75) is 64.0 Å². The first-order valence-corrected chi connectivity index (χ1v) is 6.72. The Morgan fingerprint density at radius 1 is 1.12 bits per heavy atom. The number of nitrogens with one attached hydrogen (secondary N) is 2. The Labute approximate surface area is 97.0 Å². The molecule has 3 rings (SSSR count). The maximum absolute atomic E-state index is 4.43. The van der Waals surface area contributed by atoms with Crippen LogP contribution >= 0.6 is 0 Å². The van der Waals surface area contributed by atoms with E-state index in [9.17, 15) is 0 Å². The van der Waals surface area contributed by atoms with Crippen molar-refractivity contribution >= 4 is 0 Å². The first-order valence-electron chi connectivity index (χ1n) is 6.72. The van der Waals surface area contributed by atoms with Crippen LogP contribution in [0.5, 0.6) is 0 Å². The zero-order valence-electron chi connectivity index (χ0n) is 9.89. The van der Waals surface area contributed by atoms with Crippen molar-refractivity contribution in [2.24, 2.45) is 0 Å². The van der Waals surface area contributed by atoms with Gasteiger partial charge in [0, 0.05) is 18.3 Å². The normalized spacial score (nSPS) is 21.2. The first-order chi connectivity index (χ1) is 7.93. The third-order valence-electron chi connectivity index (χ3n) is 4.06. The highest BCUT2D eigenvalue weighted by molar-refractivity contribution is 5.29. The average Bonchev–Trinajstić information content (AvgIpc) is 2.90. The van der Waals surface area contributed by atoms with Gasteiger partial charge in [0.15, 0.2) is 0 Å². The predicted molar refractivity (Wildman–Crippen MR) is 64.3 cm³/mol. The molecule has 2 aliphatic rings. The molecule has 0 amide bonds. The van der Waals surface area contributed by atoms with E-state index < -0.39 is 0 Å². The van der Waals surface area contributed by atoms with Crippen LogP contribution in [0.4, 0.5) is 0 Å². The van der Waals surface area contributed by atoms with Gasteiger partial charge in [0.2, 0.25) is 0 Å². The molecule has 0 saturated heterocycles. The zero-order valence-corrected chi connectivity index (χ0v) is 9.89. The molecule has 1 fully saturated rings. The summed E-state index contributed by atoms with van der Waals surface area (Å²) in [5.41, 5.74) is 4.17. The molecule has 0 unspecified atom stereocenters. The highest BCUT2D eigenvalue weighted by atomic mass is 15.1. The largest absolute Gasteiger partial charge is 0.308 e. The Kier molecular flexibility index (Phi) is 2.96. The Morgan fingerprint density at radius 2 is 2.00 bits per heavy atom. The summed E-state index contributed by atoms with van der Waals surface area (Å²) in [6.07, 6.45) is 10.7. The number of H-pyrrole nitrogens is 1. The highest BCUT2D eigenvalue weighted by Crippen LogP contribution is 2.23. The van der Waals surface area contributed by atoms with E-state index in [1.807, 2.05) is 0 Å². The fourth-order valence-electron chi connectivity index (χ4n) is 3.08. The van der Waals surface area contributed by atoms with Crippen molar-refractivity contribution < 1.29 is 0 Å². The van der Waals surface area contributed by atoms with Gasteiger partial charge in [-0.2, -0.15) is 5.10 Å². The van der Waals surface area contributed by atoms with Crippen molar-refractivity contribution in [3.05, 3.63) is 17.0 Å². The molecule has 0 spiro atoms. The molecular formula is C13H21N3. The maximum Gasteiger partial charge on any atom is 0.0794 e. The van der Waals surface area contributed by atoms with Crippen LogP contribution in [0.2, 0.25) is 0 Å². The summed E-state index contributed by atoms with van der Waals surface area (Å²) in [6, 6.07) is 0.738. The number of hydrogen-bond donors (Lipinski definition) is 2. The zero-order chi connectivity index (χ0) is 10.8. The third-order valence-corrected chi connectivity index (χ3v) is 4.06. The van der Waals surface area contributed by atoms with E-state index in [0.717, 1.165) is 12.6 Å². The van der Waals surface area contributed by atoms with Crippen LogP contribution in [0.1, 0.15) is 55.5 Å². The van der Waals surface area contributed by atoms with E-state index in [0.29, 0.717) is 0 Å². The van der Waals surface area contributed by atoms with Gasteiger partial charge in [-0.15, -0.1) is 0 Å². The van der Waals surface area contributed by atoms with E-state index in [-0.39, 0.29) is 0 Å². The minimum atomic E-state index is 0.738. The smallest absolute Gasteiger partial charge is 0.0794 e. The summed E-state index contributed by atoms with van der Waals surface area (Å²) in [5.74, 6) is 0. The molecule has 0 bridgehead atoms. The standard InChI is InChI=1S/C13H21N3/c1-2-5-10(6-3-1)14-9-13-11-7-4-8-12(11)15-16-13/h10,14H,1-9H2,(H,15,16). The number of aromatic nitrogens is 2. The molecule has 3 heteroatoms. The van der Waals surface area contributed by atoms with Crippen molar-refractivity contribution in [1.82, 2.24) is 15.5 Å². The van der Waals surface area contributed by atoms with Gasteiger partial charge in [-0.05, 0) is 37.7 Å². The third kappa shape index (κ3) is 2.01. The Bertz CT molecular complexity index is 350. The number of nitrogens with zero attached hydrogens (tertiary/aromatic N) is 1. The molecule has 16 heavy (non-hydrogen) atoms. The van der Waals surface area contributed by atoms with E-state index in [1.165, 1.54) is 68.3 Å². The summed E-state index contributed by atoms with van der Waals surface area (Å²) in [6.45, 7) is 0.969. The van der Waals surface area contributed by atoms with Gasteiger partial charge in [-0.1, -0.05) is 19.3 Å². The molecule has 2 aliphatic carbocycles. The second kappa shape index (κ2) is 4.58. The van der Waals surface area contributed by atoms with Gasteiger partial charge in [0.25, 0.3) is 0 Å². The molecule has 1 saturated carbocycles. The monoisotopic (exact) mass is 219 g/mol. The minimum Gasteiger partial charge on any atom is -0.308 e. The molecule has 0 aromatic carbocycles. The average molecular weight is 219 g/mol. The van der Waals surface area contributed by atoms with Gasteiger partial charge in [0.05, 0.1) is 5.69 Å². The molecule has 2 N–H and O–H groups in total. The number of aromatic amines is 1. The molecule has 1 aromatic heterocycles. The van der Waals surface area contributed by atoms with Crippen LogP contribution in [0, 0.1) is 0 Å². The Hall–Kier alpha value is -0.830. The van der Waals surface area contributed by atoms with Gasteiger partial charge < -0.3 is 5.32 Å². The molecule has 1 heterocycles. The molecule has 88 valence electrons. The number of rotatable bonds is 3. The fourth-order valence-corrected chi connectivity index (χ4v) is 3.08. The SMILES string of the molecule is C1CCC(NCc2n[nH]c3c2CCC3)CC1.